The predicted octanol–water partition coefficient (Wildman–Crippen LogP) is -1.75. The maximum atomic E-state index is 10.8. The van der Waals surface area contributed by atoms with Crippen LogP contribution in [0.25, 0.3) is 0 Å². The second-order valence-electron chi connectivity index (χ2n) is 2.57. The molecule has 9 nitrogen and oxygen atoms in total. The van der Waals surface area contributed by atoms with Crippen molar-refractivity contribution in [3.8, 4) is 0 Å². The standard InChI is InChI=1S/C6H13N3O6S/c1-2-15-6(10)5-7-3-4-8-16(13,14)9(11)12/h7-8H,2-5H2,1H3. The summed E-state index contributed by atoms with van der Waals surface area (Å²) < 4.78 is 26.1. The minimum absolute atomic E-state index is 0.0754. The van der Waals surface area contributed by atoms with Gasteiger partial charge in [0.15, 0.2) is 4.33 Å². The van der Waals surface area contributed by atoms with Crippen LogP contribution < -0.4 is 10.0 Å². The highest BCUT2D eigenvalue weighted by Gasteiger charge is 2.21. The van der Waals surface area contributed by atoms with E-state index in [0.29, 0.717) is 0 Å². The monoisotopic (exact) mass is 255 g/mol. The summed E-state index contributed by atoms with van der Waals surface area (Å²) in [6.07, 6.45) is 0. The SMILES string of the molecule is CCOC(=O)CNCCNS(=O)(=O)[N+](=O)[O-]. The van der Waals surface area contributed by atoms with E-state index in [0.717, 1.165) is 0 Å². The molecule has 0 saturated carbocycles. The quantitative estimate of drug-likeness (QED) is 0.228. The Labute approximate surface area is 92.5 Å². The third-order valence-electron chi connectivity index (χ3n) is 1.36. The zero-order chi connectivity index (χ0) is 12.6. The van der Waals surface area contributed by atoms with Crippen molar-refractivity contribution < 1.29 is 22.3 Å². The van der Waals surface area contributed by atoms with Crippen molar-refractivity contribution in [3.63, 3.8) is 0 Å². The minimum atomic E-state index is -4.49. The third-order valence-corrected chi connectivity index (χ3v) is 2.32. The average Bonchev–Trinajstić information content (AvgIpc) is 2.17. The number of nitrogens with one attached hydrogen (secondary N) is 2. The van der Waals surface area contributed by atoms with E-state index < -0.39 is 20.5 Å². The number of hydrogen-bond acceptors (Lipinski definition) is 7. The summed E-state index contributed by atoms with van der Waals surface area (Å²) >= 11 is 0. The summed E-state index contributed by atoms with van der Waals surface area (Å²) in [6, 6.07) is 0. The highest BCUT2D eigenvalue weighted by Crippen LogP contribution is 1.82. The number of esters is 1. The molecule has 0 amide bonds. The first kappa shape index (κ1) is 14.7. The van der Waals surface area contributed by atoms with Crippen molar-refractivity contribution >= 4 is 16.2 Å². The van der Waals surface area contributed by atoms with Crippen LogP contribution in [-0.4, -0.2) is 45.0 Å². The second kappa shape index (κ2) is 7.09. The Morgan fingerprint density at radius 3 is 2.56 bits per heavy atom. The van der Waals surface area contributed by atoms with Crippen LogP contribution in [0.4, 0.5) is 0 Å². The lowest BCUT2D eigenvalue weighted by molar-refractivity contribution is -0.307. The van der Waals surface area contributed by atoms with Crippen molar-refractivity contribution in [1.29, 1.82) is 0 Å². The normalized spacial score (nSPS) is 11.1. The molecule has 0 unspecified atom stereocenters. The van der Waals surface area contributed by atoms with Crippen LogP contribution in [-0.2, 0) is 19.7 Å². The van der Waals surface area contributed by atoms with Crippen molar-refractivity contribution in [2.24, 2.45) is 0 Å². The molecule has 0 aliphatic carbocycles. The molecule has 2 N–H and O–H groups in total. The third kappa shape index (κ3) is 6.27. The molecule has 0 atom stereocenters. The van der Waals surface area contributed by atoms with Gasteiger partial charge in [0.05, 0.1) is 13.2 Å². The molecule has 0 radical (unpaired) electrons. The van der Waals surface area contributed by atoms with E-state index in [1.807, 2.05) is 0 Å². The van der Waals surface area contributed by atoms with Crippen LogP contribution in [0.1, 0.15) is 6.92 Å². The molecular formula is C6H13N3O6S. The molecule has 0 saturated heterocycles. The maximum Gasteiger partial charge on any atom is 0.495 e. The van der Waals surface area contributed by atoms with Crippen molar-refractivity contribution in [3.05, 3.63) is 10.1 Å². The number of carbonyl (C=O) groups excluding carboxylic acids is 1. The number of ether oxygens (including phenoxy) is 1. The first-order valence-corrected chi connectivity index (χ1v) is 5.84. The van der Waals surface area contributed by atoms with Gasteiger partial charge >= 0.3 is 16.2 Å². The van der Waals surface area contributed by atoms with Gasteiger partial charge in [-0.3, -0.25) is 4.79 Å². The number of nitrogens with zero attached hydrogens (tertiary/aromatic N) is 1. The summed E-state index contributed by atoms with van der Waals surface area (Å²) in [4.78, 5) is 20.7. The van der Waals surface area contributed by atoms with E-state index in [2.05, 4.69) is 10.1 Å². The van der Waals surface area contributed by atoms with Gasteiger partial charge in [-0.25, -0.2) is 10.1 Å². The lowest BCUT2D eigenvalue weighted by Gasteiger charge is -2.03. The molecule has 0 aliphatic heterocycles. The molecular weight excluding hydrogens is 242 g/mol. The Balaban J connectivity index is 3.62. The van der Waals surface area contributed by atoms with Crippen molar-refractivity contribution in [2.75, 3.05) is 26.2 Å². The number of nitro groups is 1. The zero-order valence-electron chi connectivity index (χ0n) is 8.63. The molecule has 0 bridgehead atoms. The molecule has 0 rings (SSSR count). The molecule has 0 aromatic carbocycles. The van der Waals surface area contributed by atoms with Gasteiger partial charge in [0, 0.05) is 13.1 Å². The Hall–Kier alpha value is -1.26. The van der Waals surface area contributed by atoms with Gasteiger partial charge in [0.1, 0.15) is 0 Å². The number of carbonyl (C=O) groups is 1. The molecule has 0 aromatic rings. The largest absolute Gasteiger partial charge is 0.495 e. The van der Waals surface area contributed by atoms with Gasteiger partial charge in [0.2, 0.25) is 0 Å². The van der Waals surface area contributed by atoms with Gasteiger partial charge in [-0.1, -0.05) is 0 Å². The number of hydrogen-bond donors (Lipinski definition) is 2. The second-order valence-corrected chi connectivity index (χ2v) is 4.11. The Bertz CT molecular complexity index is 340. The van der Waals surface area contributed by atoms with Gasteiger partial charge in [-0.2, -0.15) is 4.72 Å². The van der Waals surface area contributed by atoms with Crippen molar-refractivity contribution in [1.82, 2.24) is 10.0 Å². The molecule has 16 heavy (non-hydrogen) atoms. The fourth-order valence-electron chi connectivity index (χ4n) is 0.724. The van der Waals surface area contributed by atoms with Crippen molar-refractivity contribution in [2.45, 2.75) is 6.92 Å². The highest BCUT2D eigenvalue weighted by molar-refractivity contribution is 7.83. The van der Waals surface area contributed by atoms with Gasteiger partial charge in [-0.05, 0) is 6.92 Å². The average molecular weight is 255 g/mol. The number of rotatable bonds is 8. The van der Waals surface area contributed by atoms with Crippen LogP contribution in [0.2, 0.25) is 0 Å². The fraction of sp³-hybridized carbons (Fsp3) is 0.833. The fourth-order valence-corrected chi connectivity index (χ4v) is 1.19. The van der Waals surface area contributed by atoms with Crippen LogP contribution in [0.15, 0.2) is 0 Å². The molecule has 0 aliphatic rings. The van der Waals surface area contributed by atoms with Gasteiger partial charge < -0.3 is 10.1 Å². The van der Waals surface area contributed by atoms with E-state index in [1.165, 1.54) is 0 Å². The Kier molecular flexibility index (Phi) is 6.53. The van der Waals surface area contributed by atoms with Gasteiger partial charge in [0.25, 0.3) is 0 Å². The summed E-state index contributed by atoms with van der Waals surface area (Å²) in [6.45, 7) is 1.75. The first-order chi connectivity index (χ1) is 7.40. The Morgan fingerprint density at radius 2 is 2.06 bits per heavy atom. The summed E-state index contributed by atoms with van der Waals surface area (Å²) in [5.41, 5.74) is 0. The smallest absolute Gasteiger partial charge is 0.465 e. The molecule has 0 aromatic heterocycles. The maximum absolute atomic E-state index is 10.8. The van der Waals surface area contributed by atoms with E-state index in [9.17, 15) is 23.3 Å². The highest BCUT2D eigenvalue weighted by atomic mass is 32.2. The molecule has 0 fully saturated rings. The summed E-state index contributed by atoms with van der Waals surface area (Å²) in [7, 11) is -4.49. The predicted molar refractivity (Wildman–Crippen MR) is 53.4 cm³/mol. The van der Waals surface area contributed by atoms with Crippen LogP contribution in [0, 0.1) is 10.1 Å². The lowest BCUT2D eigenvalue weighted by Crippen LogP contribution is -2.37. The molecule has 10 heteroatoms. The van der Waals surface area contributed by atoms with E-state index in [4.69, 9.17) is 0 Å². The van der Waals surface area contributed by atoms with Crippen LogP contribution in [0.5, 0.6) is 0 Å². The zero-order valence-corrected chi connectivity index (χ0v) is 9.45. The van der Waals surface area contributed by atoms with E-state index in [-0.39, 0.29) is 26.2 Å². The Morgan fingerprint density at radius 1 is 1.44 bits per heavy atom. The molecule has 0 spiro atoms. The minimum Gasteiger partial charge on any atom is -0.465 e. The first-order valence-electron chi connectivity index (χ1n) is 4.40. The van der Waals surface area contributed by atoms with E-state index in [1.54, 1.807) is 11.6 Å². The van der Waals surface area contributed by atoms with Crippen LogP contribution >= 0.6 is 0 Å². The lowest BCUT2D eigenvalue weighted by atomic mass is 10.6. The summed E-state index contributed by atoms with van der Waals surface area (Å²) in [5, 5.41) is 12.5. The van der Waals surface area contributed by atoms with Gasteiger partial charge in [-0.15, -0.1) is 8.42 Å². The van der Waals surface area contributed by atoms with E-state index >= 15 is 0 Å². The molecule has 0 heterocycles. The summed E-state index contributed by atoms with van der Waals surface area (Å²) in [5.74, 6) is -0.473. The van der Waals surface area contributed by atoms with Crippen LogP contribution in [0.3, 0.4) is 0 Å². The topological polar surface area (TPSA) is 128 Å². The molecule has 94 valence electrons.